The highest BCUT2D eigenvalue weighted by Gasteiger charge is 1.98. The van der Waals surface area contributed by atoms with Crippen LogP contribution in [0.15, 0.2) is 22.7 Å². The Hall–Kier alpha value is -1.03. The number of aryl methyl sites for hydroxylation is 1. The molecule has 64 valence electrons. The van der Waals surface area contributed by atoms with Crippen LogP contribution in [0.25, 0.3) is 0 Å². The number of hydrogen-bond donors (Lipinski definition) is 3. The maximum Gasteiger partial charge on any atom is 0.190 e. The van der Waals surface area contributed by atoms with Crippen LogP contribution in [0.5, 0.6) is 0 Å². The van der Waals surface area contributed by atoms with E-state index in [0.29, 0.717) is 0 Å². The minimum Gasteiger partial charge on any atom is -0.370 e. The molecule has 0 atom stereocenters. The van der Waals surface area contributed by atoms with Crippen LogP contribution in [0.2, 0.25) is 0 Å². The Morgan fingerprint density at radius 1 is 1.58 bits per heavy atom. The highest BCUT2D eigenvalue weighted by atomic mass is 79.9. The molecule has 0 bridgehead atoms. The van der Waals surface area contributed by atoms with Gasteiger partial charge >= 0.3 is 0 Å². The van der Waals surface area contributed by atoms with Crippen LogP contribution in [0.3, 0.4) is 0 Å². The molecular weight excluding hydrogens is 218 g/mol. The van der Waals surface area contributed by atoms with Gasteiger partial charge in [0.05, 0.1) is 5.69 Å². The molecule has 0 unspecified atom stereocenters. The molecule has 1 rings (SSSR count). The molecule has 0 fully saturated rings. The molecule has 0 saturated carbocycles. The highest BCUT2D eigenvalue weighted by Crippen LogP contribution is 2.22. The van der Waals surface area contributed by atoms with E-state index in [1.165, 1.54) is 0 Å². The number of nitrogens with two attached hydrogens (primary N) is 1. The van der Waals surface area contributed by atoms with Gasteiger partial charge in [-0.3, -0.25) is 5.41 Å². The van der Waals surface area contributed by atoms with Gasteiger partial charge in [0.1, 0.15) is 0 Å². The molecule has 1 aromatic rings. The lowest BCUT2D eigenvalue weighted by atomic mass is 10.2. The summed E-state index contributed by atoms with van der Waals surface area (Å²) in [6.45, 7) is 2.00. The summed E-state index contributed by atoms with van der Waals surface area (Å²) in [5.41, 5.74) is 7.16. The van der Waals surface area contributed by atoms with E-state index in [0.717, 1.165) is 15.7 Å². The fourth-order valence-corrected chi connectivity index (χ4v) is 1.46. The van der Waals surface area contributed by atoms with Crippen molar-refractivity contribution in [1.82, 2.24) is 0 Å². The molecule has 1 aromatic carbocycles. The molecule has 0 aliphatic carbocycles. The van der Waals surface area contributed by atoms with E-state index in [4.69, 9.17) is 11.1 Å². The summed E-state index contributed by atoms with van der Waals surface area (Å²) in [6.07, 6.45) is 0. The van der Waals surface area contributed by atoms with E-state index < -0.39 is 0 Å². The van der Waals surface area contributed by atoms with E-state index in [9.17, 15) is 0 Å². The van der Waals surface area contributed by atoms with Crippen molar-refractivity contribution in [3.8, 4) is 0 Å². The minimum absolute atomic E-state index is 0.0560. The minimum atomic E-state index is -0.0560. The molecule has 0 radical (unpaired) electrons. The van der Waals surface area contributed by atoms with Crippen molar-refractivity contribution < 1.29 is 0 Å². The SMILES string of the molecule is Cc1ccc(NC(=N)N)c(Br)c1. The molecule has 0 aromatic heterocycles. The second-order valence-corrected chi connectivity index (χ2v) is 3.38. The third-order valence-corrected chi connectivity index (χ3v) is 2.05. The van der Waals surface area contributed by atoms with Crippen LogP contribution in [0, 0.1) is 12.3 Å². The molecular formula is C8H10BrN3. The summed E-state index contributed by atoms with van der Waals surface area (Å²) in [5.74, 6) is -0.0560. The lowest BCUT2D eigenvalue weighted by molar-refractivity contribution is 1.39. The first kappa shape index (κ1) is 9.06. The van der Waals surface area contributed by atoms with Crippen LogP contribution in [-0.4, -0.2) is 5.96 Å². The average molecular weight is 228 g/mol. The summed E-state index contributed by atoms with van der Waals surface area (Å²) in [6, 6.07) is 5.79. The molecule has 0 aliphatic heterocycles. The van der Waals surface area contributed by atoms with Crippen LogP contribution < -0.4 is 11.1 Å². The molecule has 0 spiro atoms. The molecule has 4 N–H and O–H groups in total. The second-order valence-electron chi connectivity index (χ2n) is 2.52. The maximum absolute atomic E-state index is 7.03. The summed E-state index contributed by atoms with van der Waals surface area (Å²) >= 11 is 3.36. The van der Waals surface area contributed by atoms with Gasteiger partial charge in [0, 0.05) is 4.47 Å². The Balaban J connectivity index is 2.93. The first-order valence-corrected chi connectivity index (χ1v) is 4.26. The van der Waals surface area contributed by atoms with Gasteiger partial charge in [-0.1, -0.05) is 6.07 Å². The fourth-order valence-electron chi connectivity index (χ4n) is 0.867. The zero-order chi connectivity index (χ0) is 9.14. The van der Waals surface area contributed by atoms with Crippen molar-refractivity contribution in [3.05, 3.63) is 28.2 Å². The molecule has 3 nitrogen and oxygen atoms in total. The van der Waals surface area contributed by atoms with Crippen molar-refractivity contribution in [1.29, 1.82) is 5.41 Å². The van der Waals surface area contributed by atoms with Gasteiger partial charge in [0.2, 0.25) is 0 Å². The summed E-state index contributed by atoms with van der Waals surface area (Å²) < 4.78 is 0.915. The summed E-state index contributed by atoms with van der Waals surface area (Å²) in [4.78, 5) is 0. The Kier molecular flexibility index (Phi) is 2.70. The van der Waals surface area contributed by atoms with Crippen LogP contribution in [0.4, 0.5) is 5.69 Å². The van der Waals surface area contributed by atoms with Gasteiger partial charge < -0.3 is 11.1 Å². The zero-order valence-corrected chi connectivity index (χ0v) is 8.27. The quantitative estimate of drug-likeness (QED) is 0.509. The van der Waals surface area contributed by atoms with Crippen molar-refractivity contribution in [2.45, 2.75) is 6.92 Å². The average Bonchev–Trinajstić information content (AvgIpc) is 1.94. The summed E-state index contributed by atoms with van der Waals surface area (Å²) in [7, 11) is 0. The number of anilines is 1. The molecule has 0 saturated heterocycles. The van der Waals surface area contributed by atoms with Crippen LogP contribution in [0.1, 0.15) is 5.56 Å². The lowest BCUT2D eigenvalue weighted by Gasteiger charge is -2.06. The zero-order valence-electron chi connectivity index (χ0n) is 6.69. The number of benzene rings is 1. The topological polar surface area (TPSA) is 61.9 Å². The van der Waals surface area contributed by atoms with E-state index in [1.807, 2.05) is 25.1 Å². The molecule has 12 heavy (non-hydrogen) atoms. The Labute approximate surface area is 79.6 Å². The van der Waals surface area contributed by atoms with Gasteiger partial charge in [-0.05, 0) is 40.5 Å². The van der Waals surface area contributed by atoms with Gasteiger partial charge in [-0.2, -0.15) is 0 Å². The summed E-state index contributed by atoms with van der Waals surface area (Å²) in [5, 5.41) is 9.74. The molecule has 0 aliphatic rings. The Morgan fingerprint density at radius 3 is 2.75 bits per heavy atom. The van der Waals surface area contributed by atoms with Crippen molar-refractivity contribution in [2.24, 2.45) is 5.73 Å². The normalized spacial score (nSPS) is 9.50. The third-order valence-electron chi connectivity index (χ3n) is 1.39. The van der Waals surface area contributed by atoms with E-state index in [2.05, 4.69) is 21.2 Å². The second kappa shape index (κ2) is 3.58. The van der Waals surface area contributed by atoms with Crippen molar-refractivity contribution >= 4 is 27.6 Å². The first-order valence-electron chi connectivity index (χ1n) is 3.47. The number of nitrogens with one attached hydrogen (secondary N) is 2. The largest absolute Gasteiger partial charge is 0.370 e. The van der Waals surface area contributed by atoms with E-state index >= 15 is 0 Å². The fraction of sp³-hybridized carbons (Fsp3) is 0.125. The smallest absolute Gasteiger partial charge is 0.190 e. The van der Waals surface area contributed by atoms with Crippen molar-refractivity contribution in [2.75, 3.05) is 5.32 Å². The van der Waals surface area contributed by atoms with Crippen molar-refractivity contribution in [3.63, 3.8) is 0 Å². The predicted molar refractivity (Wildman–Crippen MR) is 54.4 cm³/mol. The molecule has 0 amide bonds. The van der Waals surface area contributed by atoms with Crippen LogP contribution in [-0.2, 0) is 0 Å². The Bertz CT molecular complexity index is 309. The standard InChI is InChI=1S/C8H10BrN3/c1-5-2-3-7(6(9)4-5)12-8(10)11/h2-4H,1H3,(H4,10,11,12). The Morgan fingerprint density at radius 2 is 2.25 bits per heavy atom. The van der Waals surface area contributed by atoms with Gasteiger partial charge in [-0.25, -0.2) is 0 Å². The monoisotopic (exact) mass is 227 g/mol. The molecule has 4 heteroatoms. The van der Waals surface area contributed by atoms with E-state index in [-0.39, 0.29) is 5.96 Å². The van der Waals surface area contributed by atoms with Gasteiger partial charge in [0.25, 0.3) is 0 Å². The predicted octanol–water partition coefficient (Wildman–Crippen LogP) is 2.06. The highest BCUT2D eigenvalue weighted by molar-refractivity contribution is 9.10. The lowest BCUT2D eigenvalue weighted by Crippen LogP contribution is -2.20. The number of halogens is 1. The van der Waals surface area contributed by atoms with Crippen LogP contribution >= 0.6 is 15.9 Å². The molecule has 0 heterocycles. The first-order chi connectivity index (χ1) is 5.59. The number of guanidine groups is 1. The maximum atomic E-state index is 7.03. The number of rotatable bonds is 1. The van der Waals surface area contributed by atoms with E-state index in [1.54, 1.807) is 0 Å². The third kappa shape index (κ3) is 2.23. The number of hydrogen-bond acceptors (Lipinski definition) is 1. The van der Waals surface area contributed by atoms with Gasteiger partial charge in [0.15, 0.2) is 5.96 Å². The van der Waals surface area contributed by atoms with Gasteiger partial charge in [-0.15, -0.1) is 0 Å².